The van der Waals surface area contributed by atoms with Crippen LogP contribution in [0.25, 0.3) is 0 Å². The first kappa shape index (κ1) is 10.4. The molecule has 0 aromatic rings. The van der Waals surface area contributed by atoms with Crippen molar-refractivity contribution in [1.82, 2.24) is 5.32 Å². The van der Waals surface area contributed by atoms with Crippen LogP contribution in [0.15, 0.2) is 0 Å². The summed E-state index contributed by atoms with van der Waals surface area (Å²) in [6.07, 6.45) is 1.81. The van der Waals surface area contributed by atoms with E-state index in [1.54, 1.807) is 7.11 Å². The number of halogens is 1. The van der Waals surface area contributed by atoms with Gasteiger partial charge >= 0.3 is 0 Å². The number of rotatable bonds is 3. The number of carbonyl (C=O) groups excluding carboxylic acids is 1. The van der Waals surface area contributed by atoms with Crippen LogP contribution in [0.1, 0.15) is 26.7 Å². The SMILES string of the molecule is COC1CC(NC(=O)C(C)(C)F)C1. The number of ether oxygens (including phenoxy) is 1. The molecule has 13 heavy (non-hydrogen) atoms. The fourth-order valence-electron chi connectivity index (χ4n) is 1.23. The first-order valence-electron chi connectivity index (χ1n) is 4.46. The van der Waals surface area contributed by atoms with Gasteiger partial charge in [-0.25, -0.2) is 4.39 Å². The maximum absolute atomic E-state index is 13.0. The van der Waals surface area contributed by atoms with Gasteiger partial charge in [-0.3, -0.25) is 4.79 Å². The Labute approximate surface area is 77.6 Å². The summed E-state index contributed by atoms with van der Waals surface area (Å²) in [5, 5.41) is 2.63. The molecule has 1 saturated carbocycles. The maximum Gasteiger partial charge on any atom is 0.257 e. The Kier molecular flexibility index (Phi) is 2.91. The van der Waals surface area contributed by atoms with Crippen molar-refractivity contribution >= 4 is 5.91 Å². The number of alkyl halides is 1. The molecule has 76 valence electrons. The number of methoxy groups -OCH3 is 1. The molecule has 1 N–H and O–H groups in total. The molecule has 1 amide bonds. The number of carbonyl (C=O) groups is 1. The summed E-state index contributed by atoms with van der Waals surface area (Å²) in [6, 6.07) is 0.0903. The van der Waals surface area contributed by atoms with Gasteiger partial charge in [0.25, 0.3) is 5.91 Å². The highest BCUT2D eigenvalue weighted by Crippen LogP contribution is 2.23. The fraction of sp³-hybridized carbons (Fsp3) is 0.889. The summed E-state index contributed by atoms with van der Waals surface area (Å²) in [5.41, 5.74) is -1.78. The predicted octanol–water partition coefficient (Wildman–Crippen LogP) is 1.03. The van der Waals surface area contributed by atoms with Gasteiger partial charge in [-0.1, -0.05) is 0 Å². The van der Waals surface area contributed by atoms with E-state index < -0.39 is 11.6 Å². The second kappa shape index (κ2) is 3.62. The Bertz CT molecular complexity index is 194. The zero-order chi connectivity index (χ0) is 10.1. The Morgan fingerprint density at radius 2 is 2.08 bits per heavy atom. The van der Waals surface area contributed by atoms with Crippen LogP contribution in [-0.2, 0) is 9.53 Å². The Hall–Kier alpha value is -0.640. The molecule has 3 nitrogen and oxygen atoms in total. The van der Waals surface area contributed by atoms with E-state index in [2.05, 4.69) is 5.32 Å². The summed E-state index contributed by atoms with van der Waals surface area (Å²) in [5.74, 6) is -0.535. The van der Waals surface area contributed by atoms with Gasteiger partial charge in [-0.2, -0.15) is 0 Å². The number of amides is 1. The predicted molar refractivity (Wildman–Crippen MR) is 47.1 cm³/mol. The van der Waals surface area contributed by atoms with Gasteiger partial charge in [-0.05, 0) is 26.7 Å². The third-order valence-electron chi connectivity index (χ3n) is 2.30. The second-order valence-electron chi connectivity index (χ2n) is 3.97. The topological polar surface area (TPSA) is 38.3 Å². The van der Waals surface area contributed by atoms with E-state index in [-0.39, 0.29) is 12.1 Å². The molecule has 0 aliphatic heterocycles. The minimum atomic E-state index is -1.78. The van der Waals surface area contributed by atoms with Gasteiger partial charge in [0.05, 0.1) is 6.10 Å². The third-order valence-corrected chi connectivity index (χ3v) is 2.30. The molecule has 0 aromatic carbocycles. The second-order valence-corrected chi connectivity index (χ2v) is 3.97. The van der Waals surface area contributed by atoms with Crippen LogP contribution in [0.5, 0.6) is 0 Å². The van der Waals surface area contributed by atoms with Crippen molar-refractivity contribution in [1.29, 1.82) is 0 Å². The van der Waals surface area contributed by atoms with Crippen molar-refractivity contribution in [2.24, 2.45) is 0 Å². The van der Waals surface area contributed by atoms with Gasteiger partial charge in [0, 0.05) is 13.2 Å². The third kappa shape index (κ3) is 2.66. The van der Waals surface area contributed by atoms with Crippen LogP contribution in [0.2, 0.25) is 0 Å². The molecule has 1 fully saturated rings. The van der Waals surface area contributed by atoms with Crippen LogP contribution in [0.4, 0.5) is 4.39 Å². The van der Waals surface area contributed by atoms with Gasteiger partial charge in [0.15, 0.2) is 5.67 Å². The smallest absolute Gasteiger partial charge is 0.257 e. The molecule has 0 atom stereocenters. The summed E-state index contributed by atoms with van der Waals surface area (Å²) in [6.45, 7) is 2.52. The van der Waals surface area contributed by atoms with Crippen LogP contribution < -0.4 is 5.32 Å². The van der Waals surface area contributed by atoms with Gasteiger partial charge in [0.1, 0.15) is 0 Å². The number of hydrogen-bond acceptors (Lipinski definition) is 2. The molecule has 0 spiro atoms. The van der Waals surface area contributed by atoms with E-state index in [1.165, 1.54) is 13.8 Å². The van der Waals surface area contributed by atoms with Gasteiger partial charge < -0.3 is 10.1 Å². The molecule has 1 rings (SSSR count). The quantitative estimate of drug-likeness (QED) is 0.720. The molecule has 0 saturated heterocycles. The lowest BCUT2D eigenvalue weighted by molar-refractivity contribution is -0.133. The molecule has 0 radical (unpaired) electrons. The van der Waals surface area contributed by atoms with E-state index in [0.717, 1.165) is 12.8 Å². The van der Waals surface area contributed by atoms with Crippen molar-refractivity contribution < 1.29 is 13.9 Å². The molecule has 0 bridgehead atoms. The Morgan fingerprint density at radius 3 is 2.46 bits per heavy atom. The Morgan fingerprint density at radius 1 is 1.54 bits per heavy atom. The van der Waals surface area contributed by atoms with Crippen molar-refractivity contribution in [2.75, 3.05) is 7.11 Å². The molecular weight excluding hydrogens is 173 g/mol. The zero-order valence-electron chi connectivity index (χ0n) is 8.26. The highest BCUT2D eigenvalue weighted by molar-refractivity contribution is 5.84. The van der Waals surface area contributed by atoms with Crippen molar-refractivity contribution in [3.63, 3.8) is 0 Å². The van der Waals surface area contributed by atoms with Gasteiger partial charge in [0.2, 0.25) is 0 Å². The molecule has 1 aliphatic rings. The summed E-state index contributed by atoms with van der Waals surface area (Å²) in [7, 11) is 1.64. The largest absolute Gasteiger partial charge is 0.381 e. The summed E-state index contributed by atoms with van der Waals surface area (Å²) >= 11 is 0. The maximum atomic E-state index is 13.0. The minimum absolute atomic E-state index is 0.0903. The highest BCUT2D eigenvalue weighted by Gasteiger charge is 2.34. The minimum Gasteiger partial charge on any atom is -0.381 e. The summed E-state index contributed by atoms with van der Waals surface area (Å²) < 4.78 is 18.1. The van der Waals surface area contributed by atoms with Crippen LogP contribution in [-0.4, -0.2) is 30.8 Å². The molecule has 4 heteroatoms. The van der Waals surface area contributed by atoms with E-state index in [1.807, 2.05) is 0 Å². The van der Waals surface area contributed by atoms with Crippen LogP contribution >= 0.6 is 0 Å². The fourth-order valence-corrected chi connectivity index (χ4v) is 1.23. The van der Waals surface area contributed by atoms with E-state index in [9.17, 15) is 9.18 Å². The molecular formula is C9H16FNO2. The monoisotopic (exact) mass is 189 g/mol. The van der Waals surface area contributed by atoms with E-state index >= 15 is 0 Å². The number of hydrogen-bond donors (Lipinski definition) is 1. The van der Waals surface area contributed by atoms with E-state index in [4.69, 9.17) is 4.74 Å². The van der Waals surface area contributed by atoms with Crippen LogP contribution in [0.3, 0.4) is 0 Å². The zero-order valence-corrected chi connectivity index (χ0v) is 8.26. The lowest BCUT2D eigenvalue weighted by Crippen LogP contribution is -2.51. The number of nitrogens with one attached hydrogen (secondary N) is 1. The highest BCUT2D eigenvalue weighted by atomic mass is 19.1. The van der Waals surface area contributed by atoms with Crippen LogP contribution in [0, 0.1) is 0 Å². The first-order valence-corrected chi connectivity index (χ1v) is 4.46. The van der Waals surface area contributed by atoms with Gasteiger partial charge in [-0.15, -0.1) is 0 Å². The molecule has 1 aliphatic carbocycles. The lowest BCUT2D eigenvalue weighted by Gasteiger charge is -2.35. The average Bonchev–Trinajstić information content (AvgIpc) is 1.93. The van der Waals surface area contributed by atoms with Crippen molar-refractivity contribution in [3.05, 3.63) is 0 Å². The molecule has 0 aromatic heterocycles. The average molecular weight is 189 g/mol. The van der Waals surface area contributed by atoms with E-state index in [0.29, 0.717) is 0 Å². The Balaban J connectivity index is 2.25. The molecule has 0 heterocycles. The molecule has 0 unspecified atom stereocenters. The van der Waals surface area contributed by atoms with Crippen molar-refractivity contribution in [3.8, 4) is 0 Å². The normalized spacial score (nSPS) is 28.0. The summed E-state index contributed by atoms with van der Waals surface area (Å²) in [4.78, 5) is 11.1. The van der Waals surface area contributed by atoms with Crippen molar-refractivity contribution in [2.45, 2.75) is 44.5 Å². The first-order chi connectivity index (χ1) is 5.93. The lowest BCUT2D eigenvalue weighted by atomic mass is 9.89. The standard InChI is InChI=1S/C9H16FNO2/c1-9(2,10)8(12)11-6-4-7(5-6)13-3/h6-7H,4-5H2,1-3H3,(H,11,12).